The van der Waals surface area contributed by atoms with Gasteiger partial charge in [0.25, 0.3) is 0 Å². The third kappa shape index (κ3) is 1.78. The zero-order chi connectivity index (χ0) is 10.1. The third-order valence-corrected chi connectivity index (χ3v) is 4.18. The van der Waals surface area contributed by atoms with Gasteiger partial charge in [-0.3, -0.25) is 0 Å². The number of hydrogen-bond acceptors (Lipinski definition) is 5. The predicted molar refractivity (Wildman–Crippen MR) is 59.6 cm³/mol. The molecule has 1 fully saturated rings. The van der Waals surface area contributed by atoms with Crippen molar-refractivity contribution in [3.63, 3.8) is 0 Å². The normalized spacial score (nSPS) is 27.2. The monoisotopic (exact) mass is 277 g/mol. The molecule has 0 aromatic carbocycles. The summed E-state index contributed by atoms with van der Waals surface area (Å²) in [5.41, 5.74) is 0. The maximum atomic E-state index is 9.14. The Kier molecular flexibility index (Phi) is 3.04. The number of rotatable bonds is 2. The molecule has 0 radical (unpaired) electrons. The van der Waals surface area contributed by atoms with Crippen LogP contribution >= 0.6 is 27.3 Å². The van der Waals surface area contributed by atoms with Gasteiger partial charge in [-0.05, 0) is 29.3 Å². The van der Waals surface area contributed by atoms with Crippen molar-refractivity contribution < 1.29 is 5.11 Å². The maximum Gasteiger partial charge on any atom is 0.209 e. The van der Waals surface area contributed by atoms with Crippen molar-refractivity contribution >= 4 is 32.4 Å². The molecule has 78 valence electrons. The van der Waals surface area contributed by atoms with Crippen LogP contribution in [0.15, 0.2) is 3.92 Å². The van der Waals surface area contributed by atoms with Crippen molar-refractivity contribution in [1.82, 2.24) is 10.2 Å². The molecule has 0 amide bonds. The van der Waals surface area contributed by atoms with Gasteiger partial charge < -0.3 is 10.0 Å². The fourth-order valence-corrected chi connectivity index (χ4v) is 3.03. The van der Waals surface area contributed by atoms with Crippen molar-refractivity contribution in [2.24, 2.45) is 5.92 Å². The molecule has 1 aromatic heterocycles. The Morgan fingerprint density at radius 1 is 1.64 bits per heavy atom. The van der Waals surface area contributed by atoms with E-state index in [-0.39, 0.29) is 6.61 Å². The molecule has 2 rings (SSSR count). The lowest BCUT2D eigenvalue weighted by Crippen LogP contribution is -2.30. The number of hydrogen-bond donors (Lipinski definition) is 1. The summed E-state index contributed by atoms with van der Waals surface area (Å²) in [6.45, 7) is 3.36. The number of nitrogens with zero attached hydrogens (tertiary/aromatic N) is 3. The average molecular weight is 278 g/mol. The molecule has 6 heteroatoms. The van der Waals surface area contributed by atoms with Crippen LogP contribution in [-0.4, -0.2) is 34.5 Å². The van der Waals surface area contributed by atoms with Crippen molar-refractivity contribution in [2.45, 2.75) is 19.4 Å². The summed E-state index contributed by atoms with van der Waals surface area (Å²) in [6.07, 6.45) is 1.04. The zero-order valence-corrected chi connectivity index (χ0v) is 10.3. The van der Waals surface area contributed by atoms with Gasteiger partial charge in [0.05, 0.1) is 0 Å². The van der Waals surface area contributed by atoms with Gasteiger partial charge in [-0.1, -0.05) is 11.3 Å². The van der Waals surface area contributed by atoms with Crippen molar-refractivity contribution in [3.05, 3.63) is 3.92 Å². The van der Waals surface area contributed by atoms with Gasteiger partial charge in [0.1, 0.15) is 0 Å². The Balaban J connectivity index is 2.13. The minimum absolute atomic E-state index is 0.262. The Labute approximate surface area is 95.1 Å². The molecule has 0 saturated carbocycles. The van der Waals surface area contributed by atoms with Crippen LogP contribution in [0.1, 0.15) is 13.3 Å². The first-order chi connectivity index (χ1) is 6.72. The van der Waals surface area contributed by atoms with Crippen LogP contribution in [0.5, 0.6) is 0 Å². The second-order valence-corrected chi connectivity index (χ2v) is 5.73. The lowest BCUT2D eigenvalue weighted by Gasteiger charge is -2.22. The summed E-state index contributed by atoms with van der Waals surface area (Å²) in [6, 6.07) is 0.361. The minimum atomic E-state index is 0.262. The quantitative estimate of drug-likeness (QED) is 0.891. The largest absolute Gasteiger partial charge is 0.396 e. The van der Waals surface area contributed by atoms with Gasteiger partial charge in [0.15, 0.2) is 3.92 Å². The molecule has 2 unspecified atom stereocenters. The van der Waals surface area contributed by atoms with E-state index in [4.69, 9.17) is 5.11 Å². The van der Waals surface area contributed by atoms with E-state index in [0.717, 1.165) is 22.0 Å². The van der Waals surface area contributed by atoms with Crippen molar-refractivity contribution in [3.8, 4) is 0 Å². The van der Waals surface area contributed by atoms with E-state index in [1.54, 1.807) is 11.3 Å². The molecule has 1 N–H and O–H groups in total. The Morgan fingerprint density at radius 3 is 2.93 bits per heavy atom. The molecule has 0 spiro atoms. The average Bonchev–Trinajstić information content (AvgIpc) is 2.72. The number of aliphatic hydroxyl groups is 1. The Hall–Kier alpha value is -0.200. The number of aliphatic hydroxyl groups excluding tert-OH is 1. The van der Waals surface area contributed by atoms with Crippen LogP contribution in [0.2, 0.25) is 0 Å². The third-order valence-electron chi connectivity index (χ3n) is 2.78. The molecular formula is C8H12BrN3OS. The topological polar surface area (TPSA) is 49.2 Å². The molecule has 4 nitrogen and oxygen atoms in total. The summed E-state index contributed by atoms with van der Waals surface area (Å²) in [4.78, 5) is 2.21. The van der Waals surface area contributed by atoms with Crippen LogP contribution in [0, 0.1) is 5.92 Å². The summed E-state index contributed by atoms with van der Waals surface area (Å²) >= 11 is 4.84. The van der Waals surface area contributed by atoms with Gasteiger partial charge in [-0.15, -0.1) is 10.2 Å². The fourth-order valence-electron chi connectivity index (χ4n) is 1.83. The molecule has 1 aromatic rings. The Bertz CT molecular complexity index is 319. The molecule has 2 atom stereocenters. The highest BCUT2D eigenvalue weighted by Gasteiger charge is 2.31. The molecule has 14 heavy (non-hydrogen) atoms. The van der Waals surface area contributed by atoms with Gasteiger partial charge in [-0.2, -0.15) is 0 Å². The van der Waals surface area contributed by atoms with Crippen LogP contribution in [-0.2, 0) is 0 Å². The highest BCUT2D eigenvalue weighted by molar-refractivity contribution is 9.11. The highest BCUT2D eigenvalue weighted by Crippen LogP contribution is 2.32. The minimum Gasteiger partial charge on any atom is -0.396 e. The number of aromatic nitrogens is 2. The van der Waals surface area contributed by atoms with E-state index in [1.807, 2.05) is 0 Å². The maximum absolute atomic E-state index is 9.14. The van der Waals surface area contributed by atoms with E-state index in [9.17, 15) is 0 Å². The molecular weight excluding hydrogens is 266 g/mol. The predicted octanol–water partition coefficient (Wildman–Crippen LogP) is 1.51. The van der Waals surface area contributed by atoms with Crippen molar-refractivity contribution in [2.75, 3.05) is 18.1 Å². The first-order valence-electron chi connectivity index (χ1n) is 4.59. The highest BCUT2D eigenvalue weighted by atomic mass is 79.9. The lowest BCUT2D eigenvalue weighted by atomic mass is 10.0. The van der Waals surface area contributed by atoms with Crippen LogP contribution in [0.25, 0.3) is 0 Å². The van der Waals surface area contributed by atoms with E-state index in [0.29, 0.717) is 12.0 Å². The van der Waals surface area contributed by atoms with Crippen LogP contribution in [0.4, 0.5) is 5.13 Å². The summed E-state index contributed by atoms with van der Waals surface area (Å²) in [5.74, 6) is 0.373. The van der Waals surface area contributed by atoms with Crippen molar-refractivity contribution in [1.29, 1.82) is 0 Å². The van der Waals surface area contributed by atoms with Crippen LogP contribution in [0.3, 0.4) is 0 Å². The molecule has 1 aliphatic heterocycles. The first-order valence-corrected chi connectivity index (χ1v) is 6.20. The van der Waals surface area contributed by atoms with E-state index in [1.165, 1.54) is 0 Å². The second kappa shape index (κ2) is 4.12. The van der Waals surface area contributed by atoms with Gasteiger partial charge in [0, 0.05) is 25.1 Å². The molecule has 1 aliphatic rings. The van der Waals surface area contributed by atoms with Gasteiger partial charge >= 0.3 is 0 Å². The standard InChI is InChI=1S/C8H12BrN3OS/c1-5-6(4-13)2-3-12(5)8-11-10-7(9)14-8/h5-6,13H,2-4H2,1H3. The molecule has 1 saturated heterocycles. The molecule has 0 bridgehead atoms. The Morgan fingerprint density at radius 2 is 2.43 bits per heavy atom. The second-order valence-electron chi connectivity index (χ2n) is 3.50. The van der Waals surface area contributed by atoms with E-state index < -0.39 is 0 Å². The fraction of sp³-hybridized carbons (Fsp3) is 0.750. The summed E-state index contributed by atoms with van der Waals surface area (Å²) < 4.78 is 0.812. The summed E-state index contributed by atoms with van der Waals surface area (Å²) in [5, 5.41) is 18.1. The lowest BCUT2D eigenvalue weighted by molar-refractivity contribution is 0.221. The number of halogens is 1. The first kappa shape index (κ1) is 10.3. The summed E-state index contributed by atoms with van der Waals surface area (Å²) in [7, 11) is 0. The smallest absolute Gasteiger partial charge is 0.209 e. The van der Waals surface area contributed by atoms with Gasteiger partial charge in [0.2, 0.25) is 5.13 Å². The molecule has 2 heterocycles. The zero-order valence-electron chi connectivity index (χ0n) is 7.85. The van der Waals surface area contributed by atoms with E-state index in [2.05, 4.69) is 38.0 Å². The van der Waals surface area contributed by atoms with Gasteiger partial charge in [-0.25, -0.2) is 0 Å². The number of anilines is 1. The van der Waals surface area contributed by atoms with Crippen LogP contribution < -0.4 is 4.90 Å². The molecule has 0 aliphatic carbocycles. The SMILES string of the molecule is CC1C(CO)CCN1c1nnc(Br)s1. The van der Waals surface area contributed by atoms with E-state index >= 15 is 0 Å².